The van der Waals surface area contributed by atoms with Gasteiger partial charge in [0.1, 0.15) is 5.82 Å². The largest absolute Gasteiger partial charge is 0.339 e. The molecule has 27 heavy (non-hydrogen) atoms. The Hall–Kier alpha value is -2.95. The monoisotopic (exact) mass is 363 g/mol. The number of nitrogens with one attached hydrogen (secondary N) is 1. The first-order chi connectivity index (χ1) is 13.0. The molecule has 0 bridgehead atoms. The van der Waals surface area contributed by atoms with Gasteiger partial charge in [-0.2, -0.15) is 0 Å². The Kier molecular flexibility index (Phi) is 6.01. The normalized spacial score (nSPS) is 15.1. The van der Waals surface area contributed by atoms with Crippen molar-refractivity contribution in [2.45, 2.75) is 26.7 Å². The van der Waals surface area contributed by atoms with Gasteiger partial charge in [-0.15, -0.1) is 0 Å². The quantitative estimate of drug-likeness (QED) is 0.845. The predicted molar refractivity (Wildman–Crippen MR) is 107 cm³/mol. The molecule has 1 N–H and O–H groups in total. The van der Waals surface area contributed by atoms with Gasteiger partial charge in [-0.1, -0.05) is 35.9 Å². The van der Waals surface area contributed by atoms with E-state index in [-0.39, 0.29) is 17.7 Å². The van der Waals surface area contributed by atoms with E-state index in [0.29, 0.717) is 31.7 Å². The fourth-order valence-electron chi connectivity index (χ4n) is 3.18. The van der Waals surface area contributed by atoms with E-state index < -0.39 is 0 Å². The number of aromatic nitrogens is 1. The molecule has 2 amide bonds. The number of carbonyl (C=O) groups is 2. The topological polar surface area (TPSA) is 62.3 Å². The van der Waals surface area contributed by atoms with Gasteiger partial charge in [-0.05, 0) is 50.0 Å². The first-order valence-corrected chi connectivity index (χ1v) is 9.28. The van der Waals surface area contributed by atoms with Gasteiger partial charge < -0.3 is 10.2 Å². The summed E-state index contributed by atoms with van der Waals surface area (Å²) in [5, 5.41) is 2.87. The van der Waals surface area contributed by atoms with Gasteiger partial charge in [0.05, 0.1) is 0 Å². The molecule has 5 heteroatoms. The molecule has 0 spiro atoms. The Labute approximate surface area is 160 Å². The van der Waals surface area contributed by atoms with Crippen molar-refractivity contribution in [3.63, 3.8) is 0 Å². The average molecular weight is 363 g/mol. The van der Waals surface area contributed by atoms with Crippen LogP contribution >= 0.6 is 0 Å². The summed E-state index contributed by atoms with van der Waals surface area (Å²) in [6.07, 6.45) is 6.53. The van der Waals surface area contributed by atoms with Crippen LogP contribution in [0.4, 0.5) is 5.82 Å². The van der Waals surface area contributed by atoms with Gasteiger partial charge >= 0.3 is 0 Å². The number of nitrogens with zero attached hydrogens (tertiary/aromatic N) is 2. The second kappa shape index (κ2) is 8.62. The lowest BCUT2D eigenvalue weighted by atomic mass is 9.96. The third kappa shape index (κ3) is 5.26. The zero-order chi connectivity index (χ0) is 19.2. The van der Waals surface area contributed by atoms with Crippen LogP contribution in [0, 0.1) is 19.8 Å². The molecule has 1 fully saturated rings. The summed E-state index contributed by atoms with van der Waals surface area (Å²) in [7, 11) is 0. The molecule has 0 aliphatic carbocycles. The maximum atomic E-state index is 12.4. The lowest BCUT2D eigenvalue weighted by molar-refractivity contribution is -0.130. The molecule has 0 atom stereocenters. The lowest BCUT2D eigenvalue weighted by Gasteiger charge is -2.30. The van der Waals surface area contributed by atoms with Crippen LogP contribution in [0.5, 0.6) is 0 Å². The molecular weight excluding hydrogens is 338 g/mol. The molecule has 1 saturated heterocycles. The third-order valence-electron chi connectivity index (χ3n) is 4.80. The van der Waals surface area contributed by atoms with Crippen molar-refractivity contribution in [3.05, 3.63) is 65.4 Å². The lowest BCUT2D eigenvalue weighted by Crippen LogP contribution is -2.40. The maximum absolute atomic E-state index is 12.4. The number of rotatable bonds is 4. The van der Waals surface area contributed by atoms with E-state index in [0.717, 1.165) is 11.1 Å². The minimum Gasteiger partial charge on any atom is -0.339 e. The number of hydrogen-bond acceptors (Lipinski definition) is 3. The highest BCUT2D eigenvalue weighted by Crippen LogP contribution is 2.19. The van der Waals surface area contributed by atoms with Crippen LogP contribution < -0.4 is 5.32 Å². The zero-order valence-electron chi connectivity index (χ0n) is 15.8. The molecular formula is C22H25N3O2. The van der Waals surface area contributed by atoms with E-state index in [1.165, 1.54) is 5.56 Å². The molecule has 0 unspecified atom stereocenters. The molecule has 140 valence electrons. The van der Waals surface area contributed by atoms with E-state index in [4.69, 9.17) is 0 Å². The van der Waals surface area contributed by atoms with E-state index >= 15 is 0 Å². The molecule has 2 heterocycles. The van der Waals surface area contributed by atoms with Crippen molar-refractivity contribution >= 4 is 23.7 Å². The van der Waals surface area contributed by atoms with E-state index in [1.807, 2.05) is 56.3 Å². The fraction of sp³-hybridized carbons (Fsp3) is 0.318. The van der Waals surface area contributed by atoms with Crippen LogP contribution in [0.1, 0.15) is 29.5 Å². The number of benzene rings is 1. The Bertz CT molecular complexity index is 835. The van der Waals surface area contributed by atoms with E-state index in [1.54, 1.807) is 17.2 Å². The standard InChI is InChI=1S/C22H25N3O2/c1-16-4-3-5-18(14-16)7-9-21(26)25-12-10-19(11-13-25)22(27)24-20-8-6-17(2)15-23-20/h3-9,14-15,19H,10-13H2,1-2H3,(H,23,24,27)/b9-7+. The average Bonchev–Trinajstić information content (AvgIpc) is 2.68. The van der Waals surface area contributed by atoms with Gasteiger partial charge in [-0.25, -0.2) is 4.98 Å². The van der Waals surface area contributed by atoms with Gasteiger partial charge in [0.25, 0.3) is 0 Å². The molecule has 1 aliphatic heterocycles. The Morgan fingerprint density at radius 1 is 1.11 bits per heavy atom. The van der Waals surface area contributed by atoms with Crippen LogP contribution in [0.15, 0.2) is 48.7 Å². The molecule has 2 aromatic rings. The van der Waals surface area contributed by atoms with Crippen LogP contribution in [0.2, 0.25) is 0 Å². The van der Waals surface area contributed by atoms with Crippen molar-refractivity contribution < 1.29 is 9.59 Å². The summed E-state index contributed by atoms with van der Waals surface area (Å²) in [6.45, 7) is 5.17. The minimum atomic E-state index is -0.0853. The SMILES string of the molecule is Cc1ccc(NC(=O)C2CCN(C(=O)/C=C/c3cccc(C)c3)CC2)nc1. The van der Waals surface area contributed by atoms with Crippen LogP contribution in [-0.2, 0) is 9.59 Å². The summed E-state index contributed by atoms with van der Waals surface area (Å²) in [5.74, 6) is 0.465. The number of hydrogen-bond donors (Lipinski definition) is 1. The summed E-state index contributed by atoms with van der Waals surface area (Å²) < 4.78 is 0. The minimum absolute atomic E-state index is 0.00411. The second-order valence-corrected chi connectivity index (χ2v) is 7.06. The summed E-state index contributed by atoms with van der Waals surface area (Å²) >= 11 is 0. The summed E-state index contributed by atoms with van der Waals surface area (Å²) in [5.41, 5.74) is 3.24. The van der Waals surface area contributed by atoms with Crippen molar-refractivity contribution in [1.29, 1.82) is 0 Å². The number of carbonyl (C=O) groups excluding carboxylic acids is 2. The molecule has 3 rings (SSSR count). The molecule has 0 saturated carbocycles. The summed E-state index contributed by atoms with van der Waals surface area (Å²) in [4.78, 5) is 30.8. The van der Waals surface area contributed by atoms with Crippen LogP contribution in [0.25, 0.3) is 6.08 Å². The number of piperidine rings is 1. The van der Waals surface area contributed by atoms with E-state index in [2.05, 4.69) is 10.3 Å². The number of likely N-dealkylation sites (tertiary alicyclic amines) is 1. The van der Waals surface area contributed by atoms with Crippen molar-refractivity contribution in [3.8, 4) is 0 Å². The highest BCUT2D eigenvalue weighted by Gasteiger charge is 2.26. The van der Waals surface area contributed by atoms with Gasteiger partial charge in [0.2, 0.25) is 11.8 Å². The molecule has 1 aliphatic rings. The molecule has 1 aromatic carbocycles. The van der Waals surface area contributed by atoms with Crippen molar-refractivity contribution in [2.75, 3.05) is 18.4 Å². The zero-order valence-corrected chi connectivity index (χ0v) is 15.8. The van der Waals surface area contributed by atoms with Crippen LogP contribution in [0.3, 0.4) is 0 Å². The predicted octanol–water partition coefficient (Wildman–Crippen LogP) is 3.59. The highest BCUT2D eigenvalue weighted by atomic mass is 16.2. The van der Waals surface area contributed by atoms with Gasteiger partial charge in [-0.3, -0.25) is 9.59 Å². The maximum Gasteiger partial charge on any atom is 0.246 e. The second-order valence-electron chi connectivity index (χ2n) is 7.06. The third-order valence-corrected chi connectivity index (χ3v) is 4.80. The Morgan fingerprint density at radius 2 is 1.89 bits per heavy atom. The molecule has 5 nitrogen and oxygen atoms in total. The number of amides is 2. The van der Waals surface area contributed by atoms with Crippen molar-refractivity contribution in [1.82, 2.24) is 9.88 Å². The number of pyridine rings is 1. The fourth-order valence-corrected chi connectivity index (χ4v) is 3.18. The van der Waals surface area contributed by atoms with Gasteiger partial charge in [0, 0.05) is 31.3 Å². The number of anilines is 1. The van der Waals surface area contributed by atoms with Crippen molar-refractivity contribution in [2.24, 2.45) is 5.92 Å². The van der Waals surface area contributed by atoms with E-state index in [9.17, 15) is 9.59 Å². The first-order valence-electron chi connectivity index (χ1n) is 9.28. The molecule has 1 aromatic heterocycles. The Balaban J connectivity index is 1.49. The smallest absolute Gasteiger partial charge is 0.246 e. The molecule has 0 radical (unpaired) electrons. The first kappa shape index (κ1) is 18.8. The number of aryl methyl sites for hydroxylation is 2. The van der Waals surface area contributed by atoms with Gasteiger partial charge in [0.15, 0.2) is 0 Å². The Morgan fingerprint density at radius 3 is 2.56 bits per heavy atom. The highest BCUT2D eigenvalue weighted by molar-refractivity contribution is 5.93. The van der Waals surface area contributed by atoms with Crippen LogP contribution in [-0.4, -0.2) is 34.8 Å². The summed E-state index contributed by atoms with van der Waals surface area (Å²) in [6, 6.07) is 11.8.